The molecule has 1 saturated heterocycles. The summed E-state index contributed by atoms with van der Waals surface area (Å²) in [6, 6.07) is 9.00. The largest absolute Gasteiger partial charge is 0.338 e. The van der Waals surface area contributed by atoms with Gasteiger partial charge >= 0.3 is 0 Å². The normalized spacial score (nSPS) is 20.5. The van der Waals surface area contributed by atoms with E-state index in [4.69, 9.17) is 0 Å². The molecule has 1 amide bonds. The Balaban J connectivity index is 1.66. The van der Waals surface area contributed by atoms with E-state index >= 15 is 0 Å². The van der Waals surface area contributed by atoms with Crippen LogP contribution >= 0.6 is 11.8 Å². The Morgan fingerprint density at radius 3 is 2.71 bits per heavy atom. The standard InChI is InChI=1S/C17H23N5OS/c1-4-15-14(13-7-5-12(2)6-8-13)9-10-22(15)16(23)11-24-17-18-19-20-21(17)3/h5-8,14-15H,4,9-11H2,1-3H3/t14-,15-/m0/s1. The van der Waals surface area contributed by atoms with Crippen molar-refractivity contribution in [3.8, 4) is 0 Å². The first-order valence-electron chi connectivity index (χ1n) is 8.31. The van der Waals surface area contributed by atoms with E-state index in [-0.39, 0.29) is 11.9 Å². The number of aromatic nitrogens is 4. The van der Waals surface area contributed by atoms with E-state index in [2.05, 4.69) is 53.6 Å². The van der Waals surface area contributed by atoms with Crippen molar-refractivity contribution in [2.24, 2.45) is 7.05 Å². The van der Waals surface area contributed by atoms with Crippen LogP contribution in [0.1, 0.15) is 36.8 Å². The fourth-order valence-electron chi connectivity index (χ4n) is 3.42. The van der Waals surface area contributed by atoms with E-state index in [0.717, 1.165) is 19.4 Å². The second kappa shape index (κ2) is 7.34. The maximum Gasteiger partial charge on any atom is 0.233 e. The monoisotopic (exact) mass is 345 g/mol. The summed E-state index contributed by atoms with van der Waals surface area (Å²) in [5.74, 6) is 0.983. The average Bonchev–Trinajstić information content (AvgIpc) is 3.19. The van der Waals surface area contributed by atoms with Gasteiger partial charge in [-0.2, -0.15) is 0 Å². The van der Waals surface area contributed by atoms with Gasteiger partial charge in [-0.15, -0.1) is 5.10 Å². The number of likely N-dealkylation sites (tertiary alicyclic amines) is 1. The molecule has 6 nitrogen and oxygen atoms in total. The van der Waals surface area contributed by atoms with Crippen LogP contribution in [-0.4, -0.2) is 49.4 Å². The Morgan fingerprint density at radius 1 is 1.33 bits per heavy atom. The van der Waals surface area contributed by atoms with Crippen LogP contribution in [0.5, 0.6) is 0 Å². The van der Waals surface area contributed by atoms with E-state index in [1.807, 2.05) is 4.90 Å². The number of amides is 1. The first-order valence-corrected chi connectivity index (χ1v) is 9.30. The van der Waals surface area contributed by atoms with Crippen molar-refractivity contribution in [2.75, 3.05) is 12.3 Å². The molecule has 128 valence electrons. The van der Waals surface area contributed by atoms with Gasteiger partial charge in [0.2, 0.25) is 11.1 Å². The minimum absolute atomic E-state index is 0.171. The van der Waals surface area contributed by atoms with E-state index < -0.39 is 0 Å². The molecule has 2 atom stereocenters. The molecule has 0 aliphatic carbocycles. The molecule has 2 aromatic rings. The summed E-state index contributed by atoms with van der Waals surface area (Å²) in [5, 5.41) is 12.0. The summed E-state index contributed by atoms with van der Waals surface area (Å²) >= 11 is 1.40. The molecule has 1 aliphatic heterocycles. The summed E-state index contributed by atoms with van der Waals surface area (Å²) in [6.45, 7) is 5.09. The summed E-state index contributed by atoms with van der Waals surface area (Å²) < 4.78 is 1.59. The highest BCUT2D eigenvalue weighted by Crippen LogP contribution is 2.35. The van der Waals surface area contributed by atoms with Crippen molar-refractivity contribution in [3.05, 3.63) is 35.4 Å². The Morgan fingerprint density at radius 2 is 2.08 bits per heavy atom. The highest BCUT2D eigenvalue weighted by atomic mass is 32.2. The number of benzene rings is 1. The van der Waals surface area contributed by atoms with Gasteiger partial charge in [0, 0.05) is 25.6 Å². The maximum atomic E-state index is 12.7. The van der Waals surface area contributed by atoms with E-state index in [1.54, 1.807) is 11.7 Å². The third kappa shape index (κ3) is 3.45. The van der Waals surface area contributed by atoms with Gasteiger partial charge in [0.25, 0.3) is 0 Å². The fourth-order valence-corrected chi connectivity index (χ4v) is 4.16. The number of aryl methyl sites for hydroxylation is 2. The van der Waals surface area contributed by atoms with Gasteiger partial charge in [-0.05, 0) is 35.8 Å². The van der Waals surface area contributed by atoms with Crippen molar-refractivity contribution in [1.82, 2.24) is 25.1 Å². The molecular weight excluding hydrogens is 322 g/mol. The Labute approximate surface area is 146 Å². The van der Waals surface area contributed by atoms with Gasteiger partial charge in [-0.3, -0.25) is 4.79 Å². The molecule has 0 N–H and O–H groups in total. The number of hydrogen-bond acceptors (Lipinski definition) is 5. The first-order chi connectivity index (χ1) is 11.6. The van der Waals surface area contributed by atoms with Crippen molar-refractivity contribution in [1.29, 1.82) is 0 Å². The summed E-state index contributed by atoms with van der Waals surface area (Å²) in [4.78, 5) is 14.7. The van der Waals surface area contributed by atoms with Crippen LogP contribution in [0.4, 0.5) is 0 Å². The number of rotatable bonds is 5. The minimum atomic E-state index is 0.171. The van der Waals surface area contributed by atoms with Gasteiger partial charge in [-0.1, -0.05) is 48.5 Å². The molecule has 0 spiro atoms. The molecule has 0 bridgehead atoms. The number of nitrogens with zero attached hydrogens (tertiary/aromatic N) is 5. The van der Waals surface area contributed by atoms with E-state index in [0.29, 0.717) is 16.8 Å². The van der Waals surface area contributed by atoms with Gasteiger partial charge in [0.15, 0.2) is 0 Å². The SMILES string of the molecule is CC[C@H]1[C@H](c2ccc(C)cc2)CCN1C(=O)CSc1nnnn1C. The molecule has 1 aromatic carbocycles. The number of carbonyl (C=O) groups excluding carboxylic acids is 1. The molecule has 0 saturated carbocycles. The van der Waals surface area contributed by atoms with Crippen molar-refractivity contribution >= 4 is 17.7 Å². The molecule has 0 radical (unpaired) electrons. The fraction of sp³-hybridized carbons (Fsp3) is 0.529. The van der Waals surface area contributed by atoms with Crippen LogP contribution in [-0.2, 0) is 11.8 Å². The van der Waals surface area contributed by atoms with Gasteiger partial charge in [0.1, 0.15) is 0 Å². The predicted molar refractivity (Wildman–Crippen MR) is 93.9 cm³/mol. The zero-order chi connectivity index (χ0) is 17.1. The second-order valence-corrected chi connectivity index (χ2v) is 7.18. The predicted octanol–water partition coefficient (Wildman–Crippen LogP) is 2.41. The molecule has 1 aliphatic rings. The first kappa shape index (κ1) is 17.0. The number of carbonyl (C=O) groups is 1. The zero-order valence-corrected chi connectivity index (χ0v) is 15.2. The smallest absolute Gasteiger partial charge is 0.233 e. The van der Waals surface area contributed by atoms with Gasteiger partial charge in [-0.25, -0.2) is 4.68 Å². The van der Waals surface area contributed by atoms with Gasteiger partial charge in [0.05, 0.1) is 5.75 Å². The Bertz CT molecular complexity index is 699. The van der Waals surface area contributed by atoms with Crippen molar-refractivity contribution < 1.29 is 4.79 Å². The summed E-state index contributed by atoms with van der Waals surface area (Å²) in [5.41, 5.74) is 2.61. The van der Waals surface area contributed by atoms with Gasteiger partial charge < -0.3 is 4.90 Å². The Kier molecular flexibility index (Phi) is 5.18. The van der Waals surface area contributed by atoms with Crippen LogP contribution in [0.25, 0.3) is 0 Å². The number of hydrogen-bond donors (Lipinski definition) is 0. The zero-order valence-electron chi connectivity index (χ0n) is 14.3. The quantitative estimate of drug-likeness (QED) is 0.779. The van der Waals surface area contributed by atoms with Crippen LogP contribution in [0.15, 0.2) is 29.4 Å². The molecule has 1 fully saturated rings. The summed E-state index contributed by atoms with van der Waals surface area (Å²) in [6.07, 6.45) is 2.00. The second-order valence-electron chi connectivity index (χ2n) is 6.24. The molecule has 1 aromatic heterocycles. The van der Waals surface area contributed by atoms with Crippen molar-refractivity contribution in [3.63, 3.8) is 0 Å². The third-order valence-electron chi connectivity index (χ3n) is 4.70. The molecular formula is C17H23N5OS. The average molecular weight is 345 g/mol. The van der Waals surface area contributed by atoms with Crippen LogP contribution in [0.3, 0.4) is 0 Å². The van der Waals surface area contributed by atoms with Crippen LogP contribution in [0, 0.1) is 6.92 Å². The van der Waals surface area contributed by atoms with Crippen molar-refractivity contribution in [2.45, 2.75) is 43.8 Å². The molecule has 0 unspecified atom stereocenters. The lowest BCUT2D eigenvalue weighted by atomic mass is 9.90. The molecule has 2 heterocycles. The highest BCUT2D eigenvalue weighted by Gasteiger charge is 2.36. The third-order valence-corrected chi connectivity index (χ3v) is 5.69. The van der Waals surface area contributed by atoms with E-state index in [9.17, 15) is 4.79 Å². The van der Waals surface area contributed by atoms with Crippen LogP contribution in [0.2, 0.25) is 0 Å². The number of thioether (sulfide) groups is 1. The lowest BCUT2D eigenvalue weighted by Crippen LogP contribution is -2.38. The van der Waals surface area contributed by atoms with E-state index in [1.165, 1.54) is 22.9 Å². The molecule has 24 heavy (non-hydrogen) atoms. The minimum Gasteiger partial charge on any atom is -0.338 e. The van der Waals surface area contributed by atoms with Crippen LogP contribution < -0.4 is 0 Å². The Hall–Kier alpha value is -1.89. The lowest BCUT2D eigenvalue weighted by molar-refractivity contribution is -0.129. The lowest BCUT2D eigenvalue weighted by Gasteiger charge is -2.27. The maximum absolute atomic E-state index is 12.7. The number of tetrazole rings is 1. The topological polar surface area (TPSA) is 63.9 Å². The summed E-state index contributed by atoms with van der Waals surface area (Å²) in [7, 11) is 1.78. The highest BCUT2D eigenvalue weighted by molar-refractivity contribution is 7.99. The molecule has 7 heteroatoms. The molecule has 3 rings (SSSR count).